The summed E-state index contributed by atoms with van der Waals surface area (Å²) < 4.78 is 1.21. The van der Waals surface area contributed by atoms with E-state index in [1.807, 2.05) is 25.1 Å². The molecule has 0 saturated carbocycles. The van der Waals surface area contributed by atoms with Crippen molar-refractivity contribution in [3.8, 4) is 0 Å². The predicted octanol–water partition coefficient (Wildman–Crippen LogP) is 3.98. The molecule has 2 aromatic heterocycles. The van der Waals surface area contributed by atoms with E-state index < -0.39 is 0 Å². The minimum Gasteiger partial charge on any atom is -0.355 e. The molecule has 2 heterocycles. The van der Waals surface area contributed by atoms with Gasteiger partial charge in [0.2, 0.25) is 0 Å². The van der Waals surface area contributed by atoms with E-state index in [4.69, 9.17) is 0 Å². The van der Waals surface area contributed by atoms with Crippen LogP contribution in [0.5, 0.6) is 0 Å². The van der Waals surface area contributed by atoms with E-state index >= 15 is 0 Å². The van der Waals surface area contributed by atoms with Crippen molar-refractivity contribution >= 4 is 38.0 Å². The van der Waals surface area contributed by atoms with Gasteiger partial charge in [0.05, 0.1) is 22.5 Å². The van der Waals surface area contributed by atoms with Gasteiger partial charge in [0.25, 0.3) is 0 Å². The average Bonchev–Trinajstić information content (AvgIpc) is 2.91. The molecule has 0 amide bonds. The summed E-state index contributed by atoms with van der Waals surface area (Å²) in [6.45, 7) is 4.90. The summed E-state index contributed by atoms with van der Waals surface area (Å²) in [7, 11) is 0. The number of para-hydroxylation sites is 1. The first-order valence-corrected chi connectivity index (χ1v) is 7.38. The minimum absolute atomic E-state index is 0.749. The number of fused-ring (bicyclic) bond motifs is 1. The minimum atomic E-state index is 0.749. The zero-order valence-electron chi connectivity index (χ0n) is 10.2. The molecule has 0 bridgehead atoms. The molecule has 0 fully saturated rings. The lowest BCUT2D eigenvalue weighted by Crippen LogP contribution is -1.98. The molecule has 0 aliphatic carbocycles. The first-order chi connectivity index (χ1) is 8.72. The molecule has 5 heteroatoms. The lowest BCUT2D eigenvalue weighted by molar-refractivity contribution is 1.07. The Morgan fingerprint density at radius 3 is 2.67 bits per heavy atom. The lowest BCUT2D eigenvalue weighted by atomic mass is 10.3. The van der Waals surface area contributed by atoms with Crippen LogP contribution in [0.4, 0.5) is 5.13 Å². The molecule has 0 aliphatic rings. The van der Waals surface area contributed by atoms with E-state index in [0.717, 1.165) is 27.9 Å². The van der Waals surface area contributed by atoms with Crippen LogP contribution < -0.4 is 5.32 Å². The van der Waals surface area contributed by atoms with Crippen molar-refractivity contribution in [3.05, 3.63) is 39.8 Å². The summed E-state index contributed by atoms with van der Waals surface area (Å²) in [4.78, 5) is 10.3. The molecule has 1 aromatic carbocycles. The second kappa shape index (κ2) is 4.66. The third kappa shape index (κ3) is 2.23. The zero-order chi connectivity index (χ0) is 12.5. The summed E-state index contributed by atoms with van der Waals surface area (Å²) in [5.41, 5.74) is 2.18. The Bertz CT molecular complexity index is 632. The molecule has 0 unspecified atom stereocenters. The Labute approximate surface area is 114 Å². The number of rotatable bonds is 3. The van der Waals surface area contributed by atoms with Crippen LogP contribution in [-0.2, 0) is 6.54 Å². The highest BCUT2D eigenvalue weighted by atomic mass is 32.1. The number of aryl methyl sites for hydroxylation is 2. The molecule has 3 nitrogen and oxygen atoms in total. The van der Waals surface area contributed by atoms with Crippen LogP contribution in [-0.4, -0.2) is 9.97 Å². The second-order valence-electron chi connectivity index (χ2n) is 4.09. The third-order valence-electron chi connectivity index (χ3n) is 2.76. The number of hydrogen-bond acceptors (Lipinski definition) is 5. The quantitative estimate of drug-likeness (QED) is 0.785. The van der Waals surface area contributed by atoms with Gasteiger partial charge in [-0.1, -0.05) is 23.5 Å². The molecule has 3 rings (SSSR count). The maximum absolute atomic E-state index is 4.54. The van der Waals surface area contributed by atoms with E-state index in [1.165, 1.54) is 9.58 Å². The van der Waals surface area contributed by atoms with E-state index in [9.17, 15) is 0 Å². The van der Waals surface area contributed by atoms with Gasteiger partial charge < -0.3 is 5.32 Å². The number of benzene rings is 1. The number of anilines is 1. The fourth-order valence-electron chi connectivity index (χ4n) is 1.71. The molecule has 0 atom stereocenters. The molecule has 3 aromatic rings. The maximum Gasteiger partial charge on any atom is 0.184 e. The zero-order valence-corrected chi connectivity index (χ0v) is 11.9. The molecular weight excluding hydrogens is 262 g/mol. The Hall–Kier alpha value is -1.46. The standard InChI is InChI=1S/C13H13N3S2/c1-8-9(2)17-12(15-8)7-14-13-16-10-5-3-4-6-11(10)18-13/h3-6H,7H2,1-2H3,(H,14,16). The monoisotopic (exact) mass is 275 g/mol. The predicted molar refractivity (Wildman–Crippen MR) is 78.5 cm³/mol. The van der Waals surface area contributed by atoms with Crippen LogP contribution in [0, 0.1) is 13.8 Å². The van der Waals surface area contributed by atoms with Crippen molar-refractivity contribution in [2.45, 2.75) is 20.4 Å². The van der Waals surface area contributed by atoms with Crippen molar-refractivity contribution < 1.29 is 0 Å². The highest BCUT2D eigenvalue weighted by molar-refractivity contribution is 7.22. The Morgan fingerprint density at radius 1 is 1.11 bits per heavy atom. The first-order valence-electron chi connectivity index (χ1n) is 5.75. The first kappa shape index (κ1) is 11.6. The SMILES string of the molecule is Cc1nc(CNc2nc3ccccc3s2)sc1C. The van der Waals surface area contributed by atoms with Crippen molar-refractivity contribution in [2.24, 2.45) is 0 Å². The molecule has 0 aliphatic heterocycles. The summed E-state index contributed by atoms with van der Waals surface area (Å²) in [6.07, 6.45) is 0. The van der Waals surface area contributed by atoms with Gasteiger partial charge in [-0.15, -0.1) is 11.3 Å². The van der Waals surface area contributed by atoms with Crippen molar-refractivity contribution in [3.63, 3.8) is 0 Å². The van der Waals surface area contributed by atoms with Crippen molar-refractivity contribution in [2.75, 3.05) is 5.32 Å². The number of nitrogens with one attached hydrogen (secondary N) is 1. The van der Waals surface area contributed by atoms with Gasteiger partial charge in [0, 0.05) is 4.88 Å². The average molecular weight is 275 g/mol. The summed E-state index contributed by atoms with van der Waals surface area (Å²) in [5, 5.41) is 5.42. The molecule has 0 spiro atoms. The molecular formula is C13H13N3S2. The highest BCUT2D eigenvalue weighted by Crippen LogP contribution is 2.26. The molecule has 0 radical (unpaired) electrons. The van der Waals surface area contributed by atoms with Crippen molar-refractivity contribution in [1.82, 2.24) is 9.97 Å². The lowest BCUT2D eigenvalue weighted by Gasteiger charge is -1.97. The van der Waals surface area contributed by atoms with E-state index in [0.29, 0.717) is 0 Å². The van der Waals surface area contributed by atoms with E-state index in [2.05, 4.69) is 28.3 Å². The number of aromatic nitrogens is 2. The van der Waals surface area contributed by atoms with Gasteiger partial charge in [0.1, 0.15) is 5.01 Å². The van der Waals surface area contributed by atoms with Crippen molar-refractivity contribution in [1.29, 1.82) is 0 Å². The summed E-state index contributed by atoms with van der Waals surface area (Å²) in [5.74, 6) is 0. The van der Waals surface area contributed by atoms with Crippen LogP contribution in [0.3, 0.4) is 0 Å². The molecule has 0 saturated heterocycles. The molecule has 18 heavy (non-hydrogen) atoms. The molecule has 92 valence electrons. The number of hydrogen-bond donors (Lipinski definition) is 1. The smallest absolute Gasteiger partial charge is 0.184 e. The maximum atomic E-state index is 4.54. The number of nitrogens with zero attached hydrogens (tertiary/aromatic N) is 2. The van der Waals surface area contributed by atoms with E-state index in [1.54, 1.807) is 22.7 Å². The Kier molecular flexibility index (Phi) is 3.01. The summed E-state index contributed by atoms with van der Waals surface area (Å²) in [6, 6.07) is 8.18. The van der Waals surface area contributed by atoms with Crippen LogP contribution in [0.2, 0.25) is 0 Å². The van der Waals surface area contributed by atoms with Crippen LogP contribution in [0.1, 0.15) is 15.6 Å². The van der Waals surface area contributed by atoms with Crippen LogP contribution in [0.15, 0.2) is 24.3 Å². The van der Waals surface area contributed by atoms with Crippen LogP contribution >= 0.6 is 22.7 Å². The van der Waals surface area contributed by atoms with Gasteiger partial charge in [-0.3, -0.25) is 0 Å². The number of thiazole rings is 2. The van der Waals surface area contributed by atoms with Gasteiger partial charge in [-0.2, -0.15) is 0 Å². The van der Waals surface area contributed by atoms with E-state index in [-0.39, 0.29) is 0 Å². The fraction of sp³-hybridized carbons (Fsp3) is 0.231. The summed E-state index contributed by atoms with van der Waals surface area (Å²) >= 11 is 3.43. The fourth-order valence-corrected chi connectivity index (χ4v) is 3.45. The van der Waals surface area contributed by atoms with Gasteiger partial charge in [-0.25, -0.2) is 9.97 Å². The van der Waals surface area contributed by atoms with Crippen LogP contribution in [0.25, 0.3) is 10.2 Å². The Morgan fingerprint density at radius 2 is 1.94 bits per heavy atom. The second-order valence-corrected chi connectivity index (χ2v) is 6.41. The highest BCUT2D eigenvalue weighted by Gasteiger charge is 2.06. The normalized spacial score (nSPS) is 11.0. The van der Waals surface area contributed by atoms with Gasteiger partial charge in [-0.05, 0) is 26.0 Å². The van der Waals surface area contributed by atoms with Gasteiger partial charge >= 0.3 is 0 Å². The topological polar surface area (TPSA) is 37.8 Å². The Balaban J connectivity index is 1.76. The third-order valence-corrected chi connectivity index (χ3v) is 4.82. The largest absolute Gasteiger partial charge is 0.355 e. The van der Waals surface area contributed by atoms with Gasteiger partial charge in [0.15, 0.2) is 5.13 Å². The molecule has 1 N–H and O–H groups in total.